The molecule has 1 amide bonds. The summed E-state index contributed by atoms with van der Waals surface area (Å²) in [4.78, 5) is 20.6. The molecular weight excluding hydrogens is 406 g/mol. The summed E-state index contributed by atoms with van der Waals surface area (Å²) in [5.74, 6) is 0.369. The molecule has 146 valence electrons. The lowest BCUT2D eigenvalue weighted by atomic mass is 9.61. The van der Waals surface area contributed by atoms with Crippen molar-refractivity contribution in [2.45, 2.75) is 70.1 Å². The third kappa shape index (κ3) is 2.52. The highest BCUT2D eigenvalue weighted by Crippen LogP contribution is 2.62. The van der Waals surface area contributed by atoms with Crippen LogP contribution in [-0.4, -0.2) is 35.5 Å². The number of methoxy groups -OCH3 is 1. The van der Waals surface area contributed by atoms with Gasteiger partial charge in [0.25, 0.3) is 5.91 Å². The SMILES string of the molecule is COC1CCC2(CC1)Cc1ccc(Br)cc1C21N=C(N)N(C(C)(C)C)C1=O. The molecule has 0 bridgehead atoms. The Kier molecular flexibility index (Phi) is 4.24. The van der Waals surface area contributed by atoms with Crippen molar-refractivity contribution in [1.82, 2.24) is 4.90 Å². The summed E-state index contributed by atoms with van der Waals surface area (Å²) in [6, 6.07) is 6.27. The van der Waals surface area contributed by atoms with Crippen molar-refractivity contribution in [2.24, 2.45) is 16.1 Å². The number of nitrogens with two attached hydrogens (primary N) is 1. The molecular formula is C21H28BrN3O2. The summed E-state index contributed by atoms with van der Waals surface area (Å²) in [6.07, 6.45) is 4.86. The number of carbonyl (C=O) groups is 1. The van der Waals surface area contributed by atoms with Crippen LogP contribution < -0.4 is 5.73 Å². The largest absolute Gasteiger partial charge is 0.381 e. The van der Waals surface area contributed by atoms with E-state index >= 15 is 0 Å². The number of hydrogen-bond donors (Lipinski definition) is 1. The topological polar surface area (TPSA) is 67.9 Å². The summed E-state index contributed by atoms with van der Waals surface area (Å²) in [6.45, 7) is 6.03. The van der Waals surface area contributed by atoms with Gasteiger partial charge in [0.1, 0.15) is 0 Å². The Morgan fingerprint density at radius 1 is 1.30 bits per heavy atom. The van der Waals surface area contributed by atoms with Crippen molar-refractivity contribution in [1.29, 1.82) is 0 Å². The van der Waals surface area contributed by atoms with E-state index < -0.39 is 11.1 Å². The van der Waals surface area contributed by atoms with Crippen molar-refractivity contribution in [3.05, 3.63) is 33.8 Å². The molecule has 1 fully saturated rings. The molecule has 0 saturated heterocycles. The summed E-state index contributed by atoms with van der Waals surface area (Å²) in [5, 5.41) is 0. The van der Waals surface area contributed by atoms with Crippen LogP contribution in [0.25, 0.3) is 0 Å². The first-order valence-electron chi connectivity index (χ1n) is 9.66. The Morgan fingerprint density at radius 2 is 1.96 bits per heavy atom. The Balaban J connectivity index is 1.90. The number of benzene rings is 1. The average Bonchev–Trinajstić information content (AvgIpc) is 3.02. The molecule has 1 aromatic rings. The standard InChI is InChI=1S/C21H28BrN3O2/c1-19(2,3)25-17(26)21(24-18(25)23)16-11-14(22)6-5-13(16)12-20(21)9-7-15(27-4)8-10-20/h5-6,11,15H,7-10,12H2,1-4H3,(H2,23,24). The molecule has 27 heavy (non-hydrogen) atoms. The second-order valence-corrected chi connectivity index (χ2v) is 10.1. The first kappa shape index (κ1) is 18.9. The normalized spacial score (nSPS) is 33.1. The van der Waals surface area contributed by atoms with Gasteiger partial charge in [-0.05, 0) is 76.1 Å². The number of halogens is 1. The molecule has 1 heterocycles. The smallest absolute Gasteiger partial charge is 0.263 e. The molecule has 0 radical (unpaired) electrons. The second-order valence-electron chi connectivity index (χ2n) is 9.19. The number of ether oxygens (including phenoxy) is 1. The minimum Gasteiger partial charge on any atom is -0.381 e. The summed E-state index contributed by atoms with van der Waals surface area (Å²) < 4.78 is 6.57. The highest BCUT2D eigenvalue weighted by Gasteiger charge is 2.67. The molecule has 1 saturated carbocycles. The molecule has 1 aliphatic heterocycles. The second kappa shape index (κ2) is 6.05. The third-order valence-corrected chi connectivity index (χ3v) is 7.17. The number of hydrogen-bond acceptors (Lipinski definition) is 4. The van der Waals surface area contributed by atoms with Gasteiger partial charge in [-0.2, -0.15) is 0 Å². The summed E-state index contributed by atoms with van der Waals surface area (Å²) in [7, 11) is 1.77. The van der Waals surface area contributed by atoms with E-state index in [1.54, 1.807) is 12.0 Å². The fourth-order valence-electron chi connectivity index (χ4n) is 5.44. The fourth-order valence-corrected chi connectivity index (χ4v) is 5.80. The van der Waals surface area contributed by atoms with E-state index in [0.717, 1.165) is 42.1 Å². The van der Waals surface area contributed by atoms with Crippen LogP contribution in [0.2, 0.25) is 0 Å². The van der Waals surface area contributed by atoms with Crippen molar-refractivity contribution in [2.75, 3.05) is 7.11 Å². The molecule has 4 rings (SSSR count). The van der Waals surface area contributed by atoms with Crippen molar-refractivity contribution >= 4 is 27.8 Å². The lowest BCUT2D eigenvalue weighted by Gasteiger charge is -2.46. The van der Waals surface area contributed by atoms with Gasteiger partial charge in [-0.15, -0.1) is 0 Å². The van der Waals surface area contributed by atoms with E-state index in [0.29, 0.717) is 5.96 Å². The van der Waals surface area contributed by atoms with Gasteiger partial charge in [-0.25, -0.2) is 4.99 Å². The monoisotopic (exact) mass is 433 g/mol. The van der Waals surface area contributed by atoms with Gasteiger partial charge in [-0.3, -0.25) is 9.69 Å². The Bertz CT molecular complexity index is 821. The van der Waals surface area contributed by atoms with Gasteiger partial charge < -0.3 is 10.5 Å². The quantitative estimate of drug-likeness (QED) is 0.733. The molecule has 2 N–H and O–H groups in total. The molecule has 0 aromatic heterocycles. The van der Waals surface area contributed by atoms with Gasteiger partial charge in [0.2, 0.25) is 0 Å². The number of fused-ring (bicyclic) bond motifs is 3. The number of nitrogens with zero attached hydrogens (tertiary/aromatic N) is 2. The molecule has 6 heteroatoms. The van der Waals surface area contributed by atoms with Crippen LogP contribution in [-0.2, 0) is 21.5 Å². The lowest BCUT2D eigenvalue weighted by molar-refractivity contribution is -0.141. The van der Waals surface area contributed by atoms with Crippen LogP contribution in [0.4, 0.5) is 0 Å². The Hall–Kier alpha value is -1.40. The van der Waals surface area contributed by atoms with E-state index in [9.17, 15) is 4.79 Å². The zero-order valence-electron chi connectivity index (χ0n) is 16.5. The van der Waals surface area contributed by atoms with Crippen LogP contribution in [0, 0.1) is 5.41 Å². The van der Waals surface area contributed by atoms with E-state index in [4.69, 9.17) is 15.5 Å². The first-order valence-corrected chi connectivity index (χ1v) is 10.5. The average molecular weight is 434 g/mol. The van der Waals surface area contributed by atoms with Crippen LogP contribution >= 0.6 is 15.9 Å². The summed E-state index contributed by atoms with van der Waals surface area (Å²) in [5.41, 5.74) is 7.05. The van der Waals surface area contributed by atoms with Crippen molar-refractivity contribution in [3.8, 4) is 0 Å². The van der Waals surface area contributed by atoms with Gasteiger partial charge in [0, 0.05) is 22.5 Å². The van der Waals surface area contributed by atoms with Crippen LogP contribution in [0.1, 0.15) is 57.6 Å². The molecule has 1 atom stereocenters. The molecule has 5 nitrogen and oxygen atoms in total. The third-order valence-electron chi connectivity index (χ3n) is 6.68. The highest BCUT2D eigenvalue weighted by atomic mass is 79.9. The van der Waals surface area contributed by atoms with E-state index in [-0.39, 0.29) is 17.4 Å². The number of guanidine groups is 1. The maximum Gasteiger partial charge on any atom is 0.263 e. The molecule has 1 unspecified atom stereocenters. The zero-order valence-corrected chi connectivity index (χ0v) is 18.1. The lowest BCUT2D eigenvalue weighted by Crippen LogP contribution is -2.56. The number of rotatable bonds is 1. The Labute approximate surface area is 169 Å². The van der Waals surface area contributed by atoms with Gasteiger partial charge in [0.15, 0.2) is 11.5 Å². The molecule has 1 aromatic carbocycles. The van der Waals surface area contributed by atoms with Gasteiger partial charge >= 0.3 is 0 Å². The molecule has 2 aliphatic carbocycles. The number of amides is 1. The molecule has 2 spiro atoms. The maximum atomic E-state index is 14.0. The Morgan fingerprint density at radius 3 is 2.52 bits per heavy atom. The van der Waals surface area contributed by atoms with Crippen LogP contribution in [0.15, 0.2) is 27.7 Å². The highest BCUT2D eigenvalue weighted by molar-refractivity contribution is 9.10. The van der Waals surface area contributed by atoms with Crippen molar-refractivity contribution in [3.63, 3.8) is 0 Å². The van der Waals surface area contributed by atoms with Crippen LogP contribution in [0.3, 0.4) is 0 Å². The minimum absolute atomic E-state index is 0.0280. The first-order chi connectivity index (χ1) is 12.6. The number of aliphatic imine (C=N–C) groups is 1. The summed E-state index contributed by atoms with van der Waals surface area (Å²) >= 11 is 3.59. The van der Waals surface area contributed by atoms with Crippen molar-refractivity contribution < 1.29 is 9.53 Å². The fraction of sp³-hybridized carbons (Fsp3) is 0.619. The van der Waals surface area contributed by atoms with E-state index in [1.807, 2.05) is 20.8 Å². The van der Waals surface area contributed by atoms with E-state index in [2.05, 4.69) is 34.1 Å². The van der Waals surface area contributed by atoms with Gasteiger partial charge in [0.05, 0.1) is 6.10 Å². The predicted octanol–water partition coefficient (Wildman–Crippen LogP) is 3.73. The minimum atomic E-state index is -0.914. The van der Waals surface area contributed by atoms with Crippen LogP contribution in [0.5, 0.6) is 0 Å². The maximum absolute atomic E-state index is 14.0. The zero-order chi connectivity index (χ0) is 19.6. The molecule has 3 aliphatic rings. The van der Waals surface area contributed by atoms with E-state index in [1.165, 1.54) is 5.56 Å². The van der Waals surface area contributed by atoms with Gasteiger partial charge in [-0.1, -0.05) is 22.0 Å². The predicted molar refractivity (Wildman–Crippen MR) is 109 cm³/mol. The number of carbonyl (C=O) groups excluding carboxylic acids is 1.